The lowest BCUT2D eigenvalue weighted by atomic mass is 10.2. The van der Waals surface area contributed by atoms with Gasteiger partial charge in [-0.3, -0.25) is 4.90 Å². The molecular weight excluding hydrogens is 280 g/mol. The first-order valence-electron chi connectivity index (χ1n) is 7.43. The van der Waals surface area contributed by atoms with Crippen LogP contribution in [-0.4, -0.2) is 46.2 Å². The molecule has 1 fully saturated rings. The van der Waals surface area contributed by atoms with Crippen LogP contribution in [0.4, 0.5) is 5.82 Å². The fourth-order valence-electron chi connectivity index (χ4n) is 2.47. The van der Waals surface area contributed by atoms with Crippen molar-refractivity contribution in [1.29, 1.82) is 5.26 Å². The number of nitriles is 1. The molecule has 0 spiro atoms. The Balaban J connectivity index is 1.54. The molecule has 7 heteroatoms. The highest BCUT2D eigenvalue weighted by Crippen LogP contribution is 2.14. The van der Waals surface area contributed by atoms with E-state index in [-0.39, 0.29) is 0 Å². The molecule has 0 radical (unpaired) electrons. The fraction of sp³-hybridized carbons (Fsp3) is 0.467. The predicted octanol–water partition coefficient (Wildman–Crippen LogP) is 1.22. The molecule has 22 heavy (non-hydrogen) atoms. The highest BCUT2D eigenvalue weighted by atomic mass is 16.5. The molecule has 7 nitrogen and oxygen atoms in total. The summed E-state index contributed by atoms with van der Waals surface area (Å²) < 4.78 is 5.13. The Bertz CT molecular complexity index is 651. The third kappa shape index (κ3) is 3.23. The molecule has 0 saturated carbocycles. The van der Waals surface area contributed by atoms with Crippen LogP contribution in [0.2, 0.25) is 0 Å². The van der Waals surface area contributed by atoms with Crippen molar-refractivity contribution in [3.63, 3.8) is 0 Å². The number of piperazine rings is 1. The molecule has 3 rings (SSSR count). The summed E-state index contributed by atoms with van der Waals surface area (Å²) >= 11 is 0. The monoisotopic (exact) mass is 298 g/mol. The summed E-state index contributed by atoms with van der Waals surface area (Å²) in [6.45, 7) is 6.38. The Morgan fingerprint density at radius 2 is 2.09 bits per heavy atom. The molecule has 1 aliphatic heterocycles. The molecule has 0 N–H and O–H groups in total. The lowest BCUT2D eigenvalue weighted by Crippen LogP contribution is -2.46. The zero-order valence-electron chi connectivity index (χ0n) is 12.6. The van der Waals surface area contributed by atoms with Crippen molar-refractivity contribution in [2.45, 2.75) is 19.9 Å². The second-order valence-electron chi connectivity index (χ2n) is 5.24. The Morgan fingerprint density at radius 1 is 1.27 bits per heavy atom. The van der Waals surface area contributed by atoms with E-state index >= 15 is 0 Å². The van der Waals surface area contributed by atoms with Gasteiger partial charge in [0.2, 0.25) is 5.89 Å². The van der Waals surface area contributed by atoms with Crippen LogP contribution in [0.3, 0.4) is 0 Å². The molecule has 3 heterocycles. The molecule has 2 aromatic rings. The predicted molar refractivity (Wildman–Crippen MR) is 80.1 cm³/mol. The molecule has 1 aliphatic rings. The van der Waals surface area contributed by atoms with Crippen molar-refractivity contribution in [2.24, 2.45) is 0 Å². The first-order valence-corrected chi connectivity index (χ1v) is 7.43. The maximum atomic E-state index is 8.80. The van der Waals surface area contributed by atoms with Crippen LogP contribution in [0, 0.1) is 11.3 Å². The zero-order valence-corrected chi connectivity index (χ0v) is 12.6. The van der Waals surface area contributed by atoms with Gasteiger partial charge in [0.25, 0.3) is 0 Å². The van der Waals surface area contributed by atoms with Crippen LogP contribution in [0.15, 0.2) is 22.9 Å². The van der Waals surface area contributed by atoms with E-state index in [1.54, 1.807) is 12.3 Å². The molecule has 0 aromatic carbocycles. The highest BCUT2D eigenvalue weighted by Gasteiger charge is 2.19. The van der Waals surface area contributed by atoms with Gasteiger partial charge in [0.1, 0.15) is 11.9 Å². The molecule has 0 bridgehead atoms. The maximum Gasteiger partial charge on any atom is 0.226 e. The summed E-state index contributed by atoms with van der Waals surface area (Å²) in [5.74, 6) is 2.36. The van der Waals surface area contributed by atoms with Crippen molar-refractivity contribution >= 4 is 5.82 Å². The SMILES string of the molecule is CCc1nc(CN2CCN(c3ccc(C#N)cn3)CC2)no1. The van der Waals surface area contributed by atoms with Crippen LogP contribution in [0.1, 0.15) is 24.2 Å². The van der Waals surface area contributed by atoms with Gasteiger partial charge in [-0.15, -0.1) is 0 Å². The number of aryl methyl sites for hydroxylation is 1. The van der Waals surface area contributed by atoms with E-state index in [4.69, 9.17) is 9.78 Å². The summed E-state index contributed by atoms with van der Waals surface area (Å²) in [5.41, 5.74) is 0.589. The van der Waals surface area contributed by atoms with Gasteiger partial charge in [0, 0.05) is 38.8 Å². The van der Waals surface area contributed by atoms with Gasteiger partial charge in [-0.05, 0) is 12.1 Å². The molecule has 1 saturated heterocycles. The lowest BCUT2D eigenvalue weighted by Gasteiger charge is -2.34. The average Bonchev–Trinajstić information content (AvgIpc) is 3.03. The number of hydrogen-bond donors (Lipinski definition) is 0. The fourth-order valence-corrected chi connectivity index (χ4v) is 2.47. The number of rotatable bonds is 4. The number of hydrogen-bond acceptors (Lipinski definition) is 7. The van der Waals surface area contributed by atoms with Crippen LogP contribution in [0.25, 0.3) is 0 Å². The van der Waals surface area contributed by atoms with E-state index in [0.717, 1.165) is 50.8 Å². The third-order valence-electron chi connectivity index (χ3n) is 3.75. The molecule has 0 amide bonds. The quantitative estimate of drug-likeness (QED) is 0.839. The van der Waals surface area contributed by atoms with Crippen molar-refractivity contribution in [3.8, 4) is 6.07 Å². The van der Waals surface area contributed by atoms with Gasteiger partial charge in [-0.25, -0.2) is 4.98 Å². The van der Waals surface area contributed by atoms with Gasteiger partial charge >= 0.3 is 0 Å². The molecule has 0 aliphatic carbocycles. The second kappa shape index (κ2) is 6.54. The number of aromatic nitrogens is 3. The van der Waals surface area contributed by atoms with Crippen LogP contribution < -0.4 is 4.90 Å². The largest absolute Gasteiger partial charge is 0.354 e. The lowest BCUT2D eigenvalue weighted by molar-refractivity contribution is 0.239. The van der Waals surface area contributed by atoms with Gasteiger partial charge < -0.3 is 9.42 Å². The first-order chi connectivity index (χ1) is 10.8. The molecule has 2 aromatic heterocycles. The zero-order chi connectivity index (χ0) is 15.4. The highest BCUT2D eigenvalue weighted by molar-refractivity contribution is 5.42. The Kier molecular flexibility index (Phi) is 4.30. The van der Waals surface area contributed by atoms with Crippen molar-refractivity contribution in [3.05, 3.63) is 35.6 Å². The Morgan fingerprint density at radius 3 is 2.68 bits per heavy atom. The molecule has 114 valence electrons. The average molecular weight is 298 g/mol. The van der Waals surface area contributed by atoms with Gasteiger partial charge in [0.15, 0.2) is 5.82 Å². The second-order valence-corrected chi connectivity index (χ2v) is 5.24. The van der Waals surface area contributed by atoms with E-state index in [1.807, 2.05) is 13.0 Å². The maximum absolute atomic E-state index is 8.80. The van der Waals surface area contributed by atoms with Gasteiger partial charge in [-0.1, -0.05) is 12.1 Å². The van der Waals surface area contributed by atoms with Gasteiger partial charge in [0.05, 0.1) is 12.1 Å². The summed E-state index contributed by atoms with van der Waals surface area (Å²) in [6.07, 6.45) is 2.39. The van der Waals surface area contributed by atoms with Crippen molar-refractivity contribution < 1.29 is 4.52 Å². The first kappa shape index (κ1) is 14.5. The minimum absolute atomic E-state index is 0.589. The number of pyridine rings is 1. The number of anilines is 1. The van der Waals surface area contributed by atoms with E-state index in [2.05, 4.69) is 31.0 Å². The van der Waals surface area contributed by atoms with Crippen LogP contribution in [-0.2, 0) is 13.0 Å². The molecular formula is C15H18N6O. The topological polar surface area (TPSA) is 82.1 Å². The third-order valence-corrected chi connectivity index (χ3v) is 3.75. The smallest absolute Gasteiger partial charge is 0.226 e. The summed E-state index contributed by atoms with van der Waals surface area (Å²) in [7, 11) is 0. The minimum Gasteiger partial charge on any atom is -0.354 e. The van der Waals surface area contributed by atoms with Crippen molar-refractivity contribution in [2.75, 3.05) is 31.1 Å². The van der Waals surface area contributed by atoms with E-state index in [0.29, 0.717) is 11.5 Å². The minimum atomic E-state index is 0.589. The van der Waals surface area contributed by atoms with E-state index in [1.165, 1.54) is 0 Å². The summed E-state index contributed by atoms with van der Waals surface area (Å²) in [4.78, 5) is 13.2. The van der Waals surface area contributed by atoms with Crippen molar-refractivity contribution in [1.82, 2.24) is 20.0 Å². The van der Waals surface area contributed by atoms with Crippen LogP contribution in [0.5, 0.6) is 0 Å². The standard InChI is InChI=1S/C15H18N6O/c1-2-15-18-13(19-22-15)11-20-5-7-21(8-6-20)14-4-3-12(9-16)10-17-14/h3-4,10H,2,5-8,11H2,1H3. The summed E-state index contributed by atoms with van der Waals surface area (Å²) in [5, 5.41) is 12.8. The van der Waals surface area contributed by atoms with Gasteiger partial charge in [-0.2, -0.15) is 10.2 Å². The normalized spacial score (nSPS) is 15.7. The van der Waals surface area contributed by atoms with E-state index in [9.17, 15) is 0 Å². The Labute approximate surface area is 129 Å². The van der Waals surface area contributed by atoms with Crippen LogP contribution >= 0.6 is 0 Å². The molecule has 0 atom stereocenters. The number of nitrogens with zero attached hydrogens (tertiary/aromatic N) is 6. The summed E-state index contributed by atoms with van der Waals surface area (Å²) in [6, 6.07) is 5.80. The van der Waals surface area contributed by atoms with E-state index < -0.39 is 0 Å². The molecule has 0 unspecified atom stereocenters. The Hall–Kier alpha value is -2.46.